The highest BCUT2D eigenvalue weighted by Crippen LogP contribution is 2.26. The highest BCUT2D eigenvalue weighted by atomic mass is 14.7. The summed E-state index contributed by atoms with van der Waals surface area (Å²) in [6.07, 6.45) is 8.17. The normalized spacial score (nSPS) is 10.9. The smallest absolute Gasteiger partial charge is 0.113 e. The van der Waals surface area contributed by atoms with Gasteiger partial charge in [0, 0.05) is 6.20 Å². The van der Waals surface area contributed by atoms with E-state index < -0.39 is 0 Å². The van der Waals surface area contributed by atoms with Crippen molar-refractivity contribution in [3.8, 4) is 12.3 Å². The minimum absolute atomic E-state index is 0.189. The maximum atomic E-state index is 5.29. The van der Waals surface area contributed by atoms with Gasteiger partial charge in [0.15, 0.2) is 0 Å². The van der Waals surface area contributed by atoms with Crippen LogP contribution in [0.2, 0.25) is 0 Å². The van der Waals surface area contributed by atoms with Gasteiger partial charge < -0.3 is 0 Å². The standard InChI is InChI=1S/C12H15N/c1-5-11-9-10(7-8-13-11)12(3,4)6-2/h1,7-9H,6H2,2-4H3. The number of pyridine rings is 1. The summed E-state index contributed by atoms with van der Waals surface area (Å²) in [5.74, 6) is 2.55. The van der Waals surface area contributed by atoms with Crippen molar-refractivity contribution in [3.63, 3.8) is 0 Å². The van der Waals surface area contributed by atoms with Gasteiger partial charge in [-0.15, -0.1) is 6.42 Å². The van der Waals surface area contributed by atoms with Gasteiger partial charge in [-0.2, -0.15) is 0 Å². The molecule has 0 saturated heterocycles. The van der Waals surface area contributed by atoms with Crippen LogP contribution >= 0.6 is 0 Å². The fourth-order valence-corrected chi connectivity index (χ4v) is 1.13. The van der Waals surface area contributed by atoms with Crippen molar-refractivity contribution in [3.05, 3.63) is 29.6 Å². The topological polar surface area (TPSA) is 12.9 Å². The van der Waals surface area contributed by atoms with Crippen LogP contribution in [0.1, 0.15) is 38.4 Å². The predicted molar refractivity (Wildman–Crippen MR) is 55.5 cm³/mol. The third-order valence-corrected chi connectivity index (χ3v) is 2.57. The fraction of sp³-hybridized carbons (Fsp3) is 0.417. The van der Waals surface area contributed by atoms with Crippen LogP contribution in [-0.4, -0.2) is 4.98 Å². The van der Waals surface area contributed by atoms with Crippen LogP contribution in [0.4, 0.5) is 0 Å². The second kappa shape index (κ2) is 3.62. The van der Waals surface area contributed by atoms with Gasteiger partial charge in [0.1, 0.15) is 5.69 Å². The summed E-state index contributed by atoms with van der Waals surface area (Å²) in [7, 11) is 0. The molecule has 0 amide bonds. The van der Waals surface area contributed by atoms with E-state index in [0.717, 1.165) is 12.1 Å². The van der Waals surface area contributed by atoms with Crippen LogP contribution in [0.15, 0.2) is 18.3 Å². The zero-order valence-corrected chi connectivity index (χ0v) is 8.46. The van der Waals surface area contributed by atoms with Crippen molar-refractivity contribution in [1.29, 1.82) is 0 Å². The lowest BCUT2D eigenvalue weighted by molar-refractivity contribution is 0.505. The largest absolute Gasteiger partial charge is 0.248 e. The Bertz CT molecular complexity index is 331. The summed E-state index contributed by atoms with van der Waals surface area (Å²) in [6.45, 7) is 6.60. The van der Waals surface area contributed by atoms with Crippen LogP contribution in [0.3, 0.4) is 0 Å². The zero-order chi connectivity index (χ0) is 9.90. The van der Waals surface area contributed by atoms with Gasteiger partial charge in [0.05, 0.1) is 0 Å². The van der Waals surface area contributed by atoms with E-state index in [-0.39, 0.29) is 5.41 Å². The highest BCUT2D eigenvalue weighted by Gasteiger charge is 2.17. The third-order valence-electron chi connectivity index (χ3n) is 2.57. The lowest BCUT2D eigenvalue weighted by Gasteiger charge is -2.22. The van der Waals surface area contributed by atoms with Crippen molar-refractivity contribution in [1.82, 2.24) is 4.98 Å². The lowest BCUT2D eigenvalue weighted by Crippen LogP contribution is -2.15. The molecule has 0 fully saturated rings. The Kier molecular flexibility index (Phi) is 2.72. The molecule has 0 aliphatic carbocycles. The molecule has 13 heavy (non-hydrogen) atoms. The van der Waals surface area contributed by atoms with Gasteiger partial charge in [-0.05, 0) is 29.5 Å². The monoisotopic (exact) mass is 173 g/mol. The fourth-order valence-electron chi connectivity index (χ4n) is 1.13. The van der Waals surface area contributed by atoms with E-state index in [4.69, 9.17) is 6.42 Å². The Balaban J connectivity index is 3.10. The number of nitrogens with zero attached hydrogens (tertiary/aromatic N) is 1. The molecule has 1 aromatic rings. The lowest BCUT2D eigenvalue weighted by atomic mass is 9.82. The van der Waals surface area contributed by atoms with E-state index in [1.807, 2.05) is 12.1 Å². The first-order valence-corrected chi connectivity index (χ1v) is 4.53. The molecule has 0 aromatic carbocycles. The number of terminal acetylenes is 1. The number of hydrogen-bond donors (Lipinski definition) is 0. The Morgan fingerprint density at radius 1 is 1.54 bits per heavy atom. The average Bonchev–Trinajstić information content (AvgIpc) is 2.18. The van der Waals surface area contributed by atoms with E-state index in [9.17, 15) is 0 Å². The number of hydrogen-bond acceptors (Lipinski definition) is 1. The Labute approximate surface area is 80.2 Å². The summed E-state index contributed by atoms with van der Waals surface area (Å²) in [4.78, 5) is 4.07. The molecule has 68 valence electrons. The molecule has 1 heterocycles. The maximum Gasteiger partial charge on any atom is 0.113 e. The van der Waals surface area contributed by atoms with Crippen LogP contribution < -0.4 is 0 Å². The minimum Gasteiger partial charge on any atom is -0.248 e. The SMILES string of the molecule is C#Cc1cc(C(C)(C)CC)ccn1. The molecule has 0 aliphatic rings. The van der Waals surface area contributed by atoms with Gasteiger partial charge in [0.2, 0.25) is 0 Å². The van der Waals surface area contributed by atoms with Gasteiger partial charge in [-0.3, -0.25) is 0 Å². The quantitative estimate of drug-likeness (QED) is 0.627. The predicted octanol–water partition coefficient (Wildman–Crippen LogP) is 2.75. The Morgan fingerprint density at radius 2 is 2.23 bits per heavy atom. The molecule has 0 bridgehead atoms. The second-order valence-electron chi connectivity index (χ2n) is 3.81. The first kappa shape index (κ1) is 9.80. The first-order chi connectivity index (χ1) is 6.10. The molecule has 0 aliphatic heterocycles. The molecule has 0 radical (unpaired) electrons. The Morgan fingerprint density at radius 3 is 2.77 bits per heavy atom. The van der Waals surface area contributed by atoms with Gasteiger partial charge in [0.25, 0.3) is 0 Å². The maximum absolute atomic E-state index is 5.29. The van der Waals surface area contributed by atoms with Crippen molar-refractivity contribution in [2.75, 3.05) is 0 Å². The molecule has 1 aromatic heterocycles. The van der Waals surface area contributed by atoms with Crippen LogP contribution in [0, 0.1) is 12.3 Å². The molecule has 1 nitrogen and oxygen atoms in total. The molecular formula is C12H15N. The van der Waals surface area contributed by atoms with E-state index >= 15 is 0 Å². The zero-order valence-electron chi connectivity index (χ0n) is 8.46. The average molecular weight is 173 g/mol. The molecule has 0 unspecified atom stereocenters. The summed E-state index contributed by atoms with van der Waals surface area (Å²) < 4.78 is 0. The van der Waals surface area contributed by atoms with Crippen molar-refractivity contribution in [2.45, 2.75) is 32.6 Å². The summed E-state index contributed by atoms with van der Waals surface area (Å²) >= 11 is 0. The number of aromatic nitrogens is 1. The van der Waals surface area contributed by atoms with E-state index in [1.54, 1.807) is 6.20 Å². The number of rotatable bonds is 2. The molecule has 0 saturated carbocycles. The second-order valence-corrected chi connectivity index (χ2v) is 3.81. The van der Waals surface area contributed by atoms with E-state index in [2.05, 4.69) is 31.7 Å². The molecule has 0 N–H and O–H groups in total. The van der Waals surface area contributed by atoms with Crippen molar-refractivity contribution >= 4 is 0 Å². The van der Waals surface area contributed by atoms with Gasteiger partial charge in [-0.1, -0.05) is 26.7 Å². The molecule has 1 rings (SSSR count). The first-order valence-electron chi connectivity index (χ1n) is 4.53. The summed E-state index contributed by atoms with van der Waals surface area (Å²) in [6, 6.07) is 4.02. The van der Waals surface area contributed by atoms with Gasteiger partial charge >= 0.3 is 0 Å². The Hall–Kier alpha value is -1.29. The summed E-state index contributed by atoms with van der Waals surface area (Å²) in [5, 5.41) is 0. The van der Waals surface area contributed by atoms with Crippen LogP contribution in [0.25, 0.3) is 0 Å². The molecule has 1 heteroatoms. The van der Waals surface area contributed by atoms with Crippen LogP contribution in [0.5, 0.6) is 0 Å². The molecule has 0 atom stereocenters. The van der Waals surface area contributed by atoms with Crippen LogP contribution in [-0.2, 0) is 5.41 Å². The van der Waals surface area contributed by atoms with E-state index in [1.165, 1.54) is 5.56 Å². The van der Waals surface area contributed by atoms with Crippen molar-refractivity contribution in [2.24, 2.45) is 0 Å². The third kappa shape index (κ3) is 2.09. The van der Waals surface area contributed by atoms with Gasteiger partial charge in [-0.25, -0.2) is 4.98 Å². The van der Waals surface area contributed by atoms with E-state index in [0.29, 0.717) is 0 Å². The molecule has 0 spiro atoms. The molecular weight excluding hydrogens is 158 g/mol. The van der Waals surface area contributed by atoms with Crippen molar-refractivity contribution < 1.29 is 0 Å². The highest BCUT2D eigenvalue weighted by molar-refractivity contribution is 5.32. The minimum atomic E-state index is 0.189. The summed E-state index contributed by atoms with van der Waals surface area (Å²) in [5.41, 5.74) is 2.17.